The maximum Gasteiger partial charge on any atom is 0.234 e. The van der Waals surface area contributed by atoms with Gasteiger partial charge in [-0.1, -0.05) is 6.07 Å². The van der Waals surface area contributed by atoms with Crippen LogP contribution >= 0.6 is 0 Å². The molecule has 0 bridgehead atoms. The Kier molecular flexibility index (Phi) is 5.26. The molecule has 148 valence electrons. The lowest BCUT2D eigenvalue weighted by Gasteiger charge is -2.39. The molecular weight excluding hydrogens is 352 g/mol. The van der Waals surface area contributed by atoms with Gasteiger partial charge < -0.3 is 10.6 Å². The number of hydrogen-bond acceptors (Lipinski definition) is 6. The molecule has 1 amide bonds. The summed E-state index contributed by atoms with van der Waals surface area (Å²) in [6.45, 7) is 6.94. The zero-order valence-electron chi connectivity index (χ0n) is 16.6. The van der Waals surface area contributed by atoms with Crippen molar-refractivity contribution in [2.24, 2.45) is 5.73 Å². The van der Waals surface area contributed by atoms with E-state index in [-0.39, 0.29) is 11.9 Å². The Labute approximate surface area is 166 Å². The van der Waals surface area contributed by atoms with E-state index >= 15 is 0 Å². The lowest BCUT2D eigenvalue weighted by Crippen LogP contribution is -2.50. The minimum atomic E-state index is -0.179. The highest BCUT2D eigenvalue weighted by Crippen LogP contribution is 2.30. The summed E-state index contributed by atoms with van der Waals surface area (Å²) < 4.78 is 0. The SMILES string of the molecule is Cc1nc(-c2ccccn2)nc(N2CCC(N3CCCC3C(N)=O)CC2)c1C. The second-order valence-electron chi connectivity index (χ2n) is 7.81. The first-order valence-corrected chi connectivity index (χ1v) is 10.1. The number of likely N-dealkylation sites (tertiary alicyclic amines) is 1. The van der Waals surface area contributed by atoms with Crippen LogP contribution in [-0.2, 0) is 4.79 Å². The van der Waals surface area contributed by atoms with Gasteiger partial charge in [-0.2, -0.15) is 0 Å². The molecule has 2 aliphatic heterocycles. The van der Waals surface area contributed by atoms with Crippen LogP contribution in [0.1, 0.15) is 36.9 Å². The third-order valence-electron chi connectivity index (χ3n) is 6.11. The van der Waals surface area contributed by atoms with E-state index in [1.165, 1.54) is 0 Å². The smallest absolute Gasteiger partial charge is 0.234 e. The van der Waals surface area contributed by atoms with Gasteiger partial charge in [-0.3, -0.25) is 14.7 Å². The summed E-state index contributed by atoms with van der Waals surface area (Å²) in [6, 6.07) is 6.13. The molecule has 4 heterocycles. The molecule has 1 unspecified atom stereocenters. The number of anilines is 1. The lowest BCUT2D eigenvalue weighted by atomic mass is 10.0. The van der Waals surface area contributed by atoms with E-state index < -0.39 is 0 Å². The first-order chi connectivity index (χ1) is 13.5. The number of nitrogens with zero attached hydrogens (tertiary/aromatic N) is 5. The summed E-state index contributed by atoms with van der Waals surface area (Å²) in [6.07, 6.45) is 5.76. The van der Waals surface area contributed by atoms with Gasteiger partial charge in [0.05, 0.1) is 6.04 Å². The molecule has 2 aliphatic rings. The van der Waals surface area contributed by atoms with Crippen LogP contribution in [0, 0.1) is 13.8 Å². The molecule has 1 atom stereocenters. The van der Waals surface area contributed by atoms with Crippen molar-refractivity contribution in [2.75, 3.05) is 24.5 Å². The maximum atomic E-state index is 11.7. The highest BCUT2D eigenvalue weighted by molar-refractivity contribution is 5.80. The van der Waals surface area contributed by atoms with Crippen LogP contribution in [0.25, 0.3) is 11.5 Å². The third kappa shape index (κ3) is 3.58. The van der Waals surface area contributed by atoms with Gasteiger partial charge in [-0.25, -0.2) is 9.97 Å². The first-order valence-electron chi connectivity index (χ1n) is 10.1. The molecule has 7 heteroatoms. The molecule has 2 saturated heterocycles. The van der Waals surface area contributed by atoms with Gasteiger partial charge in [0, 0.05) is 36.6 Å². The van der Waals surface area contributed by atoms with Crippen molar-refractivity contribution in [1.29, 1.82) is 0 Å². The topological polar surface area (TPSA) is 88.2 Å². The highest BCUT2D eigenvalue weighted by atomic mass is 16.1. The molecule has 0 radical (unpaired) electrons. The second-order valence-corrected chi connectivity index (χ2v) is 7.81. The summed E-state index contributed by atoms with van der Waals surface area (Å²) in [7, 11) is 0. The Hall–Kier alpha value is -2.54. The number of piperidine rings is 1. The molecule has 0 aliphatic carbocycles. The fourth-order valence-corrected chi connectivity index (χ4v) is 4.47. The van der Waals surface area contributed by atoms with Crippen molar-refractivity contribution in [3.05, 3.63) is 35.7 Å². The molecule has 2 aromatic rings. The zero-order chi connectivity index (χ0) is 19.7. The first kappa shape index (κ1) is 18.8. The number of hydrogen-bond donors (Lipinski definition) is 1. The predicted octanol–water partition coefficient (Wildman–Crippen LogP) is 2.07. The standard InChI is InChI=1S/C21H28N6O/c1-14-15(2)24-20(17-6-3-4-10-23-17)25-21(14)26-12-8-16(9-13-26)27-11-5-7-18(27)19(22)28/h3-4,6,10,16,18H,5,7-9,11-13H2,1-2H3,(H2,22,28). The van der Waals surface area contributed by atoms with Gasteiger partial charge in [0.2, 0.25) is 5.91 Å². The van der Waals surface area contributed by atoms with Crippen molar-refractivity contribution in [3.63, 3.8) is 0 Å². The van der Waals surface area contributed by atoms with Crippen LogP contribution in [0.4, 0.5) is 5.82 Å². The van der Waals surface area contributed by atoms with Crippen molar-refractivity contribution >= 4 is 11.7 Å². The van der Waals surface area contributed by atoms with E-state index in [4.69, 9.17) is 10.7 Å². The number of carbonyl (C=O) groups is 1. The average Bonchev–Trinajstić information content (AvgIpc) is 3.21. The number of amides is 1. The Bertz CT molecular complexity index is 847. The van der Waals surface area contributed by atoms with Crippen LogP contribution in [0.15, 0.2) is 24.4 Å². The fraction of sp³-hybridized carbons (Fsp3) is 0.524. The fourth-order valence-electron chi connectivity index (χ4n) is 4.47. The van der Waals surface area contributed by atoms with E-state index in [9.17, 15) is 4.79 Å². The summed E-state index contributed by atoms with van der Waals surface area (Å²) >= 11 is 0. The number of aromatic nitrogens is 3. The molecule has 4 rings (SSSR count). The van der Waals surface area contributed by atoms with Gasteiger partial charge >= 0.3 is 0 Å². The number of aryl methyl sites for hydroxylation is 1. The maximum absolute atomic E-state index is 11.7. The van der Waals surface area contributed by atoms with Crippen molar-refractivity contribution in [1.82, 2.24) is 19.9 Å². The van der Waals surface area contributed by atoms with Crippen molar-refractivity contribution < 1.29 is 4.79 Å². The Morgan fingerprint density at radius 1 is 1.11 bits per heavy atom. The lowest BCUT2D eigenvalue weighted by molar-refractivity contribution is -0.123. The number of pyridine rings is 1. The summed E-state index contributed by atoms with van der Waals surface area (Å²) in [5, 5.41) is 0. The minimum Gasteiger partial charge on any atom is -0.368 e. The molecule has 0 spiro atoms. The molecular formula is C21H28N6O. The van der Waals surface area contributed by atoms with Crippen LogP contribution in [-0.4, -0.2) is 57.5 Å². The van der Waals surface area contributed by atoms with Gasteiger partial charge in [-0.05, 0) is 58.2 Å². The number of rotatable bonds is 4. The van der Waals surface area contributed by atoms with E-state index in [0.717, 1.165) is 68.1 Å². The zero-order valence-corrected chi connectivity index (χ0v) is 16.6. The van der Waals surface area contributed by atoms with Crippen LogP contribution in [0.2, 0.25) is 0 Å². The van der Waals surface area contributed by atoms with Gasteiger partial charge in [0.25, 0.3) is 0 Å². The summed E-state index contributed by atoms with van der Waals surface area (Å²) in [5.74, 6) is 1.50. The van der Waals surface area contributed by atoms with E-state index in [1.54, 1.807) is 6.20 Å². The third-order valence-corrected chi connectivity index (χ3v) is 6.11. The Morgan fingerprint density at radius 2 is 1.89 bits per heavy atom. The summed E-state index contributed by atoms with van der Waals surface area (Å²) in [5.41, 5.74) is 8.51. The molecule has 2 fully saturated rings. The van der Waals surface area contributed by atoms with Gasteiger partial charge in [0.15, 0.2) is 5.82 Å². The van der Waals surface area contributed by atoms with Crippen LogP contribution in [0.5, 0.6) is 0 Å². The van der Waals surface area contributed by atoms with Gasteiger partial charge in [-0.15, -0.1) is 0 Å². The van der Waals surface area contributed by atoms with Crippen molar-refractivity contribution in [2.45, 2.75) is 51.6 Å². The van der Waals surface area contributed by atoms with E-state index in [2.05, 4.69) is 26.7 Å². The molecule has 0 aromatic carbocycles. The molecule has 2 aromatic heterocycles. The highest BCUT2D eigenvalue weighted by Gasteiger charge is 2.36. The minimum absolute atomic E-state index is 0.0876. The van der Waals surface area contributed by atoms with Crippen molar-refractivity contribution in [3.8, 4) is 11.5 Å². The molecule has 28 heavy (non-hydrogen) atoms. The van der Waals surface area contributed by atoms with E-state index in [1.807, 2.05) is 25.1 Å². The van der Waals surface area contributed by atoms with Crippen LogP contribution in [0.3, 0.4) is 0 Å². The van der Waals surface area contributed by atoms with E-state index in [0.29, 0.717) is 11.9 Å². The number of nitrogens with two attached hydrogens (primary N) is 1. The predicted molar refractivity (Wildman–Crippen MR) is 109 cm³/mol. The normalized spacial score (nSPS) is 21.2. The molecule has 7 nitrogen and oxygen atoms in total. The van der Waals surface area contributed by atoms with Gasteiger partial charge in [0.1, 0.15) is 11.5 Å². The quantitative estimate of drug-likeness (QED) is 0.874. The monoisotopic (exact) mass is 380 g/mol. The molecule has 2 N–H and O–H groups in total. The Balaban J connectivity index is 1.52. The van der Waals surface area contributed by atoms with Crippen LogP contribution < -0.4 is 10.6 Å². The Morgan fingerprint density at radius 3 is 2.57 bits per heavy atom. The average molecular weight is 380 g/mol. The molecule has 0 saturated carbocycles. The largest absolute Gasteiger partial charge is 0.368 e. The number of carbonyl (C=O) groups excluding carboxylic acids is 1. The number of primary amides is 1. The second kappa shape index (κ2) is 7.83. The summed E-state index contributed by atoms with van der Waals surface area (Å²) in [4.78, 5) is 30.3.